The summed E-state index contributed by atoms with van der Waals surface area (Å²) >= 11 is 0. The molecule has 2 rings (SSSR count). The van der Waals surface area contributed by atoms with Crippen LogP contribution in [0.2, 0.25) is 0 Å². The average molecular weight is 451 g/mol. The van der Waals surface area contributed by atoms with Crippen LogP contribution in [0.4, 0.5) is 0 Å². The first kappa shape index (κ1) is 26.6. The summed E-state index contributed by atoms with van der Waals surface area (Å²) in [6.07, 6.45) is 15.3. The third-order valence-electron chi connectivity index (χ3n) is 6.65. The number of hydrogen-bond acceptors (Lipinski definition) is 3. The smallest absolute Gasteiger partial charge is 0.397 e. The molecule has 0 N–H and O–H groups in total. The van der Waals surface area contributed by atoms with Crippen LogP contribution >= 0.6 is 8.60 Å². The largest absolute Gasteiger partial charge is 0.426 e. The summed E-state index contributed by atoms with van der Waals surface area (Å²) in [4.78, 5) is 0. The van der Waals surface area contributed by atoms with Crippen LogP contribution in [0, 0.1) is 5.41 Å². The highest BCUT2D eigenvalue weighted by Crippen LogP contribution is 2.51. The van der Waals surface area contributed by atoms with Crippen molar-refractivity contribution in [1.82, 2.24) is 0 Å². The van der Waals surface area contributed by atoms with Gasteiger partial charge in [-0.15, -0.1) is 0 Å². The van der Waals surface area contributed by atoms with Crippen molar-refractivity contribution in [2.45, 2.75) is 118 Å². The van der Waals surface area contributed by atoms with Gasteiger partial charge in [0.2, 0.25) is 0 Å². The minimum absolute atomic E-state index is 0.165. The molecule has 1 aromatic rings. The van der Waals surface area contributed by atoms with Crippen molar-refractivity contribution >= 4 is 8.60 Å². The van der Waals surface area contributed by atoms with Crippen LogP contribution in [0.5, 0.6) is 5.75 Å². The van der Waals surface area contributed by atoms with E-state index in [1.54, 1.807) is 0 Å². The van der Waals surface area contributed by atoms with Gasteiger partial charge in [-0.1, -0.05) is 78.9 Å². The molecule has 0 unspecified atom stereocenters. The topological polar surface area (TPSA) is 27.7 Å². The monoisotopic (exact) mass is 450 g/mol. The van der Waals surface area contributed by atoms with Gasteiger partial charge in [-0.2, -0.15) is 0 Å². The summed E-state index contributed by atoms with van der Waals surface area (Å²) in [5.41, 5.74) is 4.34. The SMILES string of the molecule is CCCCc1cc(CCCC)c(OP2OCC(CC)(CCCC)CO2)c(CCCC)c1. The van der Waals surface area contributed by atoms with Gasteiger partial charge in [0, 0.05) is 5.41 Å². The van der Waals surface area contributed by atoms with Gasteiger partial charge in [0.05, 0.1) is 13.2 Å². The molecule has 1 fully saturated rings. The lowest BCUT2D eigenvalue weighted by Gasteiger charge is -2.38. The molecular formula is C27H47O3P. The maximum atomic E-state index is 6.53. The second-order valence-electron chi connectivity index (χ2n) is 9.37. The number of unbranched alkanes of at least 4 members (excludes halogenated alkanes) is 4. The van der Waals surface area contributed by atoms with Crippen LogP contribution in [0.1, 0.15) is 116 Å². The zero-order chi connectivity index (χ0) is 22.5. The number of hydrogen-bond donors (Lipinski definition) is 0. The fourth-order valence-electron chi connectivity index (χ4n) is 4.24. The Morgan fingerprint density at radius 2 is 1.29 bits per heavy atom. The maximum Gasteiger partial charge on any atom is 0.397 e. The molecule has 0 aliphatic carbocycles. The molecule has 178 valence electrons. The third kappa shape index (κ3) is 8.34. The lowest BCUT2D eigenvalue weighted by atomic mass is 9.82. The van der Waals surface area contributed by atoms with Gasteiger partial charge >= 0.3 is 8.60 Å². The quantitative estimate of drug-likeness (QED) is 0.250. The van der Waals surface area contributed by atoms with E-state index in [4.69, 9.17) is 13.6 Å². The molecule has 0 atom stereocenters. The Balaban J connectivity index is 2.20. The molecule has 4 heteroatoms. The van der Waals surface area contributed by atoms with E-state index >= 15 is 0 Å². The van der Waals surface area contributed by atoms with Gasteiger partial charge in [0.15, 0.2) is 0 Å². The van der Waals surface area contributed by atoms with Gasteiger partial charge < -0.3 is 13.6 Å². The first-order chi connectivity index (χ1) is 15.1. The Kier molecular flexibility index (Phi) is 12.5. The van der Waals surface area contributed by atoms with Gasteiger partial charge in [0.1, 0.15) is 5.75 Å². The highest BCUT2D eigenvalue weighted by atomic mass is 31.2. The molecule has 0 aromatic heterocycles. The van der Waals surface area contributed by atoms with Crippen LogP contribution in [0.3, 0.4) is 0 Å². The minimum atomic E-state index is -1.31. The summed E-state index contributed by atoms with van der Waals surface area (Å²) in [5.74, 6) is 1.06. The molecular weight excluding hydrogens is 403 g/mol. The maximum absolute atomic E-state index is 6.53. The molecule has 1 aromatic carbocycles. The van der Waals surface area contributed by atoms with Crippen molar-refractivity contribution < 1.29 is 13.6 Å². The zero-order valence-electron chi connectivity index (χ0n) is 20.9. The van der Waals surface area contributed by atoms with E-state index in [9.17, 15) is 0 Å². The lowest BCUT2D eigenvalue weighted by molar-refractivity contribution is 0.00794. The Morgan fingerprint density at radius 1 is 0.774 bits per heavy atom. The number of rotatable bonds is 15. The van der Waals surface area contributed by atoms with Gasteiger partial charge in [0.25, 0.3) is 0 Å². The summed E-state index contributed by atoms with van der Waals surface area (Å²) in [6.45, 7) is 12.8. The van der Waals surface area contributed by atoms with E-state index in [1.165, 1.54) is 74.5 Å². The molecule has 0 saturated carbocycles. The molecule has 0 bridgehead atoms. The molecule has 1 saturated heterocycles. The van der Waals surface area contributed by atoms with Crippen LogP contribution in [0.25, 0.3) is 0 Å². The van der Waals surface area contributed by atoms with Crippen molar-refractivity contribution in [2.75, 3.05) is 13.2 Å². The van der Waals surface area contributed by atoms with Crippen molar-refractivity contribution in [3.05, 3.63) is 28.8 Å². The molecule has 1 heterocycles. The average Bonchev–Trinajstić information content (AvgIpc) is 2.80. The van der Waals surface area contributed by atoms with E-state index in [2.05, 4.69) is 46.8 Å². The molecule has 1 aliphatic heterocycles. The Hall–Kier alpha value is -0.630. The van der Waals surface area contributed by atoms with Crippen molar-refractivity contribution in [3.63, 3.8) is 0 Å². The van der Waals surface area contributed by atoms with Crippen molar-refractivity contribution in [3.8, 4) is 5.75 Å². The fraction of sp³-hybridized carbons (Fsp3) is 0.778. The van der Waals surface area contributed by atoms with Crippen LogP contribution in [0.15, 0.2) is 12.1 Å². The Labute approximate surface area is 193 Å². The van der Waals surface area contributed by atoms with Gasteiger partial charge in [-0.05, 0) is 68.1 Å². The molecule has 0 spiro atoms. The van der Waals surface area contributed by atoms with E-state index in [0.717, 1.165) is 44.6 Å². The molecule has 1 aliphatic rings. The molecule has 31 heavy (non-hydrogen) atoms. The van der Waals surface area contributed by atoms with Crippen LogP contribution in [-0.4, -0.2) is 13.2 Å². The second kappa shape index (κ2) is 14.5. The summed E-state index contributed by atoms with van der Waals surface area (Å²) in [5, 5.41) is 0. The van der Waals surface area contributed by atoms with Crippen molar-refractivity contribution in [1.29, 1.82) is 0 Å². The van der Waals surface area contributed by atoms with Gasteiger partial charge in [-0.3, -0.25) is 0 Å². The lowest BCUT2D eigenvalue weighted by Crippen LogP contribution is -2.34. The Bertz CT molecular complexity index is 594. The zero-order valence-corrected chi connectivity index (χ0v) is 21.8. The first-order valence-electron chi connectivity index (χ1n) is 13.0. The fourth-order valence-corrected chi connectivity index (χ4v) is 5.56. The summed E-state index contributed by atoms with van der Waals surface area (Å²) in [6, 6.07) is 4.79. The van der Waals surface area contributed by atoms with Crippen LogP contribution in [-0.2, 0) is 28.3 Å². The summed E-state index contributed by atoms with van der Waals surface area (Å²) in [7, 11) is -1.31. The first-order valence-corrected chi connectivity index (χ1v) is 14.1. The predicted molar refractivity (Wildman–Crippen MR) is 134 cm³/mol. The second-order valence-corrected chi connectivity index (χ2v) is 10.5. The number of aryl methyl sites for hydroxylation is 3. The highest BCUT2D eigenvalue weighted by Gasteiger charge is 2.37. The van der Waals surface area contributed by atoms with E-state index in [0.29, 0.717) is 0 Å². The number of benzene rings is 1. The van der Waals surface area contributed by atoms with E-state index in [1.807, 2.05) is 0 Å². The van der Waals surface area contributed by atoms with Crippen molar-refractivity contribution in [2.24, 2.45) is 5.41 Å². The van der Waals surface area contributed by atoms with E-state index < -0.39 is 8.60 Å². The standard InChI is InChI=1S/C27H47O3P/c1-6-11-15-23-19-24(16-12-7-2)26(25(20-23)17-13-8-3)30-31-28-21-27(10-5,22-29-31)18-14-9-4/h19-20H,6-18,21-22H2,1-5H3. The minimum Gasteiger partial charge on any atom is -0.426 e. The third-order valence-corrected chi connectivity index (χ3v) is 7.66. The van der Waals surface area contributed by atoms with Gasteiger partial charge in [-0.25, -0.2) is 0 Å². The van der Waals surface area contributed by atoms with E-state index in [-0.39, 0.29) is 5.41 Å². The molecule has 0 radical (unpaired) electrons. The highest BCUT2D eigenvalue weighted by molar-refractivity contribution is 7.42. The van der Waals surface area contributed by atoms with Crippen LogP contribution < -0.4 is 4.52 Å². The Morgan fingerprint density at radius 3 is 1.77 bits per heavy atom. The summed E-state index contributed by atoms with van der Waals surface area (Å²) < 4.78 is 19.0. The molecule has 0 amide bonds. The normalized spacial score (nSPS) is 21.4. The predicted octanol–water partition coefficient (Wildman–Crippen LogP) is 8.95. The molecule has 3 nitrogen and oxygen atoms in total.